The summed E-state index contributed by atoms with van der Waals surface area (Å²) in [6, 6.07) is 2.03. The molecule has 3 aliphatic rings. The molecule has 4 heteroatoms. The van der Waals surface area contributed by atoms with Crippen LogP contribution in [0.15, 0.2) is 12.4 Å². The van der Waals surface area contributed by atoms with Crippen molar-refractivity contribution in [1.82, 2.24) is 9.97 Å². The van der Waals surface area contributed by atoms with Gasteiger partial charge in [-0.1, -0.05) is 13.8 Å². The second-order valence-corrected chi connectivity index (χ2v) is 5.99. The molecule has 1 aromatic heterocycles. The molecule has 0 aromatic carbocycles. The van der Waals surface area contributed by atoms with E-state index in [1.807, 2.05) is 26.8 Å². The Balaban J connectivity index is 0.000000704. The Bertz CT molecular complexity index is 435. The summed E-state index contributed by atoms with van der Waals surface area (Å²) in [5.41, 5.74) is 1.39. The number of alkyl halides is 2. The predicted molar refractivity (Wildman–Crippen MR) is 75.9 cm³/mol. The van der Waals surface area contributed by atoms with E-state index < -0.39 is 11.8 Å². The van der Waals surface area contributed by atoms with Crippen LogP contribution in [0.25, 0.3) is 0 Å². The zero-order chi connectivity index (χ0) is 14.8. The van der Waals surface area contributed by atoms with Gasteiger partial charge in [-0.05, 0) is 51.5 Å². The predicted octanol–water partition coefficient (Wildman–Crippen LogP) is 4.67. The second kappa shape index (κ2) is 5.74. The monoisotopic (exact) mass is 282 g/mol. The third-order valence-corrected chi connectivity index (χ3v) is 5.11. The minimum Gasteiger partial charge on any atom is -0.242 e. The van der Waals surface area contributed by atoms with Crippen LogP contribution in [0.5, 0.6) is 0 Å². The molecule has 1 heterocycles. The van der Waals surface area contributed by atoms with Crippen LogP contribution < -0.4 is 0 Å². The van der Waals surface area contributed by atoms with Crippen molar-refractivity contribution in [1.29, 1.82) is 0 Å². The molecule has 112 valence electrons. The van der Waals surface area contributed by atoms with Crippen LogP contribution in [0.1, 0.15) is 63.8 Å². The van der Waals surface area contributed by atoms with Crippen molar-refractivity contribution in [2.24, 2.45) is 5.41 Å². The van der Waals surface area contributed by atoms with Gasteiger partial charge in [0.05, 0.1) is 5.69 Å². The highest BCUT2D eigenvalue weighted by molar-refractivity contribution is 5.22. The quantitative estimate of drug-likeness (QED) is 0.788. The molecule has 0 unspecified atom stereocenters. The lowest BCUT2D eigenvalue weighted by Gasteiger charge is -2.52. The Morgan fingerprint density at radius 1 is 1.00 bits per heavy atom. The van der Waals surface area contributed by atoms with E-state index in [0.29, 0.717) is 19.3 Å². The molecule has 1 aromatic rings. The van der Waals surface area contributed by atoms with Gasteiger partial charge in [0.25, 0.3) is 0 Å². The summed E-state index contributed by atoms with van der Waals surface area (Å²) in [5, 5.41) is 0. The minimum absolute atomic E-state index is 0.0460. The van der Waals surface area contributed by atoms with Crippen LogP contribution in [0.4, 0.5) is 8.78 Å². The Labute approximate surface area is 120 Å². The average Bonchev–Trinajstić information content (AvgIpc) is 2.51. The van der Waals surface area contributed by atoms with Gasteiger partial charge in [0.1, 0.15) is 6.33 Å². The SMILES string of the molecule is CC.Cc1cc(C23CCC(C(F)F)(CC2)CC3)ncn1. The van der Waals surface area contributed by atoms with Gasteiger partial charge < -0.3 is 0 Å². The first-order valence-electron chi connectivity index (χ1n) is 7.64. The summed E-state index contributed by atoms with van der Waals surface area (Å²) < 4.78 is 26.3. The second-order valence-electron chi connectivity index (χ2n) is 5.99. The first kappa shape index (κ1) is 15.3. The minimum atomic E-state index is -2.16. The number of rotatable bonds is 2. The summed E-state index contributed by atoms with van der Waals surface area (Å²) in [5.74, 6) is 0. The number of fused-ring (bicyclic) bond motifs is 3. The molecule has 3 saturated carbocycles. The molecule has 4 rings (SSSR count). The van der Waals surface area contributed by atoms with E-state index in [1.165, 1.54) is 0 Å². The number of aromatic nitrogens is 2. The molecule has 0 atom stereocenters. The van der Waals surface area contributed by atoms with Gasteiger partial charge in [0.15, 0.2) is 0 Å². The fourth-order valence-corrected chi connectivity index (χ4v) is 3.67. The Morgan fingerprint density at radius 3 is 2.00 bits per heavy atom. The van der Waals surface area contributed by atoms with Gasteiger partial charge in [0.2, 0.25) is 6.43 Å². The Morgan fingerprint density at radius 2 is 1.55 bits per heavy atom. The van der Waals surface area contributed by atoms with Gasteiger partial charge in [-0.15, -0.1) is 0 Å². The van der Waals surface area contributed by atoms with Crippen LogP contribution in [-0.2, 0) is 5.41 Å². The molecule has 20 heavy (non-hydrogen) atoms. The molecule has 3 fully saturated rings. The molecule has 0 N–H and O–H groups in total. The van der Waals surface area contributed by atoms with Crippen molar-refractivity contribution in [2.75, 3.05) is 0 Å². The van der Waals surface area contributed by atoms with E-state index in [4.69, 9.17) is 0 Å². The number of aryl methyl sites for hydroxylation is 1. The van der Waals surface area contributed by atoms with Crippen LogP contribution in [-0.4, -0.2) is 16.4 Å². The van der Waals surface area contributed by atoms with E-state index in [-0.39, 0.29) is 5.41 Å². The highest BCUT2D eigenvalue weighted by Gasteiger charge is 2.54. The summed E-state index contributed by atoms with van der Waals surface area (Å²) >= 11 is 0. The number of hydrogen-bond donors (Lipinski definition) is 0. The van der Waals surface area contributed by atoms with Gasteiger partial charge in [-0.25, -0.2) is 18.7 Å². The summed E-state index contributed by atoms with van der Waals surface area (Å²) in [4.78, 5) is 8.52. The zero-order valence-corrected chi connectivity index (χ0v) is 12.6. The molecule has 2 nitrogen and oxygen atoms in total. The van der Waals surface area contributed by atoms with Crippen LogP contribution in [0.3, 0.4) is 0 Å². The molecule has 0 amide bonds. The summed E-state index contributed by atoms with van der Waals surface area (Å²) in [6.45, 7) is 5.96. The summed E-state index contributed by atoms with van der Waals surface area (Å²) in [6.07, 6.45) is 3.94. The molecule has 0 saturated heterocycles. The fourth-order valence-electron chi connectivity index (χ4n) is 3.67. The average molecular weight is 282 g/mol. The van der Waals surface area contributed by atoms with Gasteiger partial charge in [0, 0.05) is 16.5 Å². The number of nitrogens with zero attached hydrogens (tertiary/aromatic N) is 2. The van der Waals surface area contributed by atoms with Crippen LogP contribution in [0.2, 0.25) is 0 Å². The van der Waals surface area contributed by atoms with Crippen molar-refractivity contribution < 1.29 is 8.78 Å². The molecule has 0 spiro atoms. The smallest absolute Gasteiger partial charge is 0.242 e. The van der Waals surface area contributed by atoms with Gasteiger partial charge in [-0.2, -0.15) is 0 Å². The van der Waals surface area contributed by atoms with Crippen molar-refractivity contribution in [3.05, 3.63) is 23.8 Å². The van der Waals surface area contributed by atoms with Gasteiger partial charge in [-0.3, -0.25) is 0 Å². The Kier molecular flexibility index (Phi) is 4.40. The molecule has 2 bridgehead atoms. The maximum absolute atomic E-state index is 13.2. The van der Waals surface area contributed by atoms with E-state index in [9.17, 15) is 8.78 Å². The highest BCUT2D eigenvalue weighted by Crippen LogP contribution is 2.59. The first-order valence-corrected chi connectivity index (χ1v) is 7.64. The van der Waals surface area contributed by atoms with Crippen molar-refractivity contribution in [3.8, 4) is 0 Å². The third-order valence-electron chi connectivity index (χ3n) is 5.11. The van der Waals surface area contributed by atoms with Crippen molar-refractivity contribution in [3.63, 3.8) is 0 Å². The highest BCUT2D eigenvalue weighted by atomic mass is 19.3. The zero-order valence-electron chi connectivity index (χ0n) is 12.6. The van der Waals surface area contributed by atoms with Gasteiger partial charge >= 0.3 is 0 Å². The molecule has 0 aliphatic heterocycles. The third kappa shape index (κ3) is 2.45. The largest absolute Gasteiger partial charge is 0.244 e. The standard InChI is InChI=1S/C14H18F2N2.C2H6/c1-10-8-11(18-9-17-10)13-2-5-14(6-3-13,7-4-13)12(15)16;1-2/h8-9,12H,2-7H2,1H3;1-2H3. The topological polar surface area (TPSA) is 25.8 Å². The van der Waals surface area contributed by atoms with Crippen LogP contribution in [0, 0.1) is 12.3 Å². The maximum Gasteiger partial charge on any atom is 0.244 e. The van der Waals surface area contributed by atoms with E-state index in [2.05, 4.69) is 9.97 Å². The lowest BCUT2D eigenvalue weighted by molar-refractivity contribution is -0.0852. The maximum atomic E-state index is 13.2. The number of halogens is 2. The normalized spacial score (nSPS) is 31.9. The molecule has 0 radical (unpaired) electrons. The molecular formula is C16H24F2N2. The van der Waals surface area contributed by atoms with Crippen molar-refractivity contribution >= 4 is 0 Å². The lowest BCUT2D eigenvalue weighted by Crippen LogP contribution is -2.47. The molecule has 3 aliphatic carbocycles. The number of hydrogen-bond acceptors (Lipinski definition) is 2. The van der Waals surface area contributed by atoms with E-state index >= 15 is 0 Å². The summed E-state index contributed by atoms with van der Waals surface area (Å²) in [7, 11) is 0. The molecular weight excluding hydrogens is 258 g/mol. The first-order chi connectivity index (χ1) is 9.56. The van der Waals surface area contributed by atoms with E-state index in [1.54, 1.807) is 6.33 Å². The fraction of sp³-hybridized carbons (Fsp3) is 0.750. The lowest BCUT2D eigenvalue weighted by atomic mass is 9.53. The van der Waals surface area contributed by atoms with Crippen LogP contribution >= 0.6 is 0 Å². The van der Waals surface area contributed by atoms with E-state index in [0.717, 1.165) is 30.7 Å². The van der Waals surface area contributed by atoms with Crippen molar-refractivity contribution in [2.45, 2.75) is 71.1 Å². The Hall–Kier alpha value is -1.06.